The van der Waals surface area contributed by atoms with Crippen LogP contribution in [0.3, 0.4) is 0 Å². The lowest BCUT2D eigenvalue weighted by Gasteiger charge is -2.10. The van der Waals surface area contributed by atoms with Crippen LogP contribution in [0.25, 0.3) is 11.4 Å². The minimum absolute atomic E-state index is 0.280. The number of benzene rings is 1. The van der Waals surface area contributed by atoms with Crippen molar-refractivity contribution in [3.05, 3.63) is 35.5 Å². The van der Waals surface area contributed by atoms with E-state index in [1.807, 2.05) is 30.3 Å². The first kappa shape index (κ1) is 12.6. The third-order valence-electron chi connectivity index (χ3n) is 2.47. The average Bonchev–Trinajstić information content (AvgIpc) is 2.41. The van der Waals surface area contributed by atoms with Crippen LogP contribution in [0.4, 0.5) is 11.5 Å². The van der Waals surface area contributed by atoms with Crippen molar-refractivity contribution in [2.75, 3.05) is 17.6 Å². The molecule has 0 fully saturated rings. The predicted molar refractivity (Wildman–Crippen MR) is 75.7 cm³/mol. The highest BCUT2D eigenvalue weighted by Crippen LogP contribution is 2.27. The number of aromatic nitrogens is 2. The molecule has 0 saturated heterocycles. The van der Waals surface area contributed by atoms with Crippen LogP contribution < -0.4 is 11.1 Å². The average molecular weight is 263 g/mol. The number of hydrogen-bond donors (Lipinski definition) is 2. The molecular weight excluding hydrogens is 248 g/mol. The van der Waals surface area contributed by atoms with E-state index in [4.69, 9.17) is 17.3 Å². The van der Waals surface area contributed by atoms with Gasteiger partial charge in [-0.1, -0.05) is 48.9 Å². The molecule has 3 N–H and O–H groups in total. The smallest absolute Gasteiger partial charge is 0.163 e. The Labute approximate surface area is 111 Å². The summed E-state index contributed by atoms with van der Waals surface area (Å²) in [6.07, 6.45) is 0.988. The number of halogens is 1. The molecule has 4 nitrogen and oxygen atoms in total. The summed E-state index contributed by atoms with van der Waals surface area (Å²) < 4.78 is 0. The van der Waals surface area contributed by atoms with Gasteiger partial charge in [-0.15, -0.1) is 0 Å². The Morgan fingerprint density at radius 2 is 1.94 bits per heavy atom. The second-order valence-electron chi connectivity index (χ2n) is 3.89. The number of hydrogen-bond acceptors (Lipinski definition) is 4. The summed E-state index contributed by atoms with van der Waals surface area (Å²) in [5.74, 6) is 1.17. The maximum Gasteiger partial charge on any atom is 0.163 e. The molecule has 18 heavy (non-hydrogen) atoms. The highest BCUT2D eigenvalue weighted by molar-refractivity contribution is 6.32. The molecular formula is C13H15ClN4. The summed E-state index contributed by atoms with van der Waals surface area (Å²) in [6.45, 7) is 2.87. The second-order valence-corrected chi connectivity index (χ2v) is 4.25. The molecule has 0 bridgehead atoms. The van der Waals surface area contributed by atoms with Gasteiger partial charge in [0.25, 0.3) is 0 Å². The van der Waals surface area contributed by atoms with E-state index in [9.17, 15) is 0 Å². The molecule has 0 saturated carbocycles. The maximum atomic E-state index is 6.03. The van der Waals surface area contributed by atoms with Gasteiger partial charge in [0.2, 0.25) is 0 Å². The Balaban J connectivity index is 2.41. The van der Waals surface area contributed by atoms with Crippen molar-refractivity contribution in [1.29, 1.82) is 0 Å². The fourth-order valence-electron chi connectivity index (χ4n) is 1.54. The third kappa shape index (κ3) is 2.71. The van der Waals surface area contributed by atoms with Gasteiger partial charge in [0.05, 0.1) is 0 Å². The summed E-state index contributed by atoms with van der Waals surface area (Å²) in [7, 11) is 0. The van der Waals surface area contributed by atoms with Gasteiger partial charge in [0, 0.05) is 12.1 Å². The monoisotopic (exact) mass is 262 g/mol. The molecule has 0 atom stereocenters. The summed E-state index contributed by atoms with van der Waals surface area (Å²) >= 11 is 6.03. The molecule has 0 amide bonds. The van der Waals surface area contributed by atoms with Crippen molar-refractivity contribution in [3.8, 4) is 11.4 Å². The normalized spacial score (nSPS) is 10.3. The number of anilines is 2. The molecule has 5 heteroatoms. The van der Waals surface area contributed by atoms with E-state index >= 15 is 0 Å². The minimum atomic E-state index is 0.280. The van der Waals surface area contributed by atoms with E-state index in [2.05, 4.69) is 22.2 Å². The van der Waals surface area contributed by atoms with Crippen LogP contribution in [0.15, 0.2) is 30.3 Å². The van der Waals surface area contributed by atoms with E-state index in [0.717, 1.165) is 18.5 Å². The fourth-order valence-corrected chi connectivity index (χ4v) is 1.71. The number of rotatable bonds is 4. The Morgan fingerprint density at radius 1 is 1.22 bits per heavy atom. The van der Waals surface area contributed by atoms with E-state index < -0.39 is 0 Å². The van der Waals surface area contributed by atoms with E-state index in [0.29, 0.717) is 17.3 Å². The lowest BCUT2D eigenvalue weighted by Crippen LogP contribution is -2.07. The first-order chi connectivity index (χ1) is 8.72. The standard InChI is InChI=1S/C13H15ClN4/c1-2-8-16-13-10(15)11(14)17-12(18-13)9-6-4-3-5-7-9/h3-7H,2,8,15H2,1H3,(H,16,17,18). The van der Waals surface area contributed by atoms with Crippen LogP contribution in [0.2, 0.25) is 5.15 Å². The molecule has 0 spiro atoms. The first-order valence-electron chi connectivity index (χ1n) is 5.84. The second kappa shape index (κ2) is 5.69. The van der Waals surface area contributed by atoms with E-state index in [-0.39, 0.29) is 5.15 Å². The van der Waals surface area contributed by atoms with Crippen molar-refractivity contribution >= 4 is 23.1 Å². The molecule has 1 aromatic heterocycles. The fraction of sp³-hybridized carbons (Fsp3) is 0.231. The third-order valence-corrected chi connectivity index (χ3v) is 2.76. The van der Waals surface area contributed by atoms with Crippen LogP contribution >= 0.6 is 11.6 Å². The summed E-state index contributed by atoms with van der Waals surface area (Å²) in [5.41, 5.74) is 7.16. The molecule has 2 rings (SSSR count). The zero-order chi connectivity index (χ0) is 13.0. The molecule has 0 aliphatic rings. The van der Waals surface area contributed by atoms with Gasteiger partial charge in [0.15, 0.2) is 16.8 Å². The molecule has 0 unspecified atom stereocenters. The van der Waals surface area contributed by atoms with Gasteiger partial charge in [0.1, 0.15) is 5.69 Å². The Bertz CT molecular complexity index is 528. The minimum Gasteiger partial charge on any atom is -0.393 e. The van der Waals surface area contributed by atoms with Crippen LogP contribution in [0.5, 0.6) is 0 Å². The molecule has 2 aromatic rings. The van der Waals surface area contributed by atoms with Crippen molar-refractivity contribution in [1.82, 2.24) is 9.97 Å². The van der Waals surface area contributed by atoms with Gasteiger partial charge in [-0.05, 0) is 6.42 Å². The highest BCUT2D eigenvalue weighted by atomic mass is 35.5. The van der Waals surface area contributed by atoms with Gasteiger partial charge in [-0.3, -0.25) is 0 Å². The molecule has 1 aromatic carbocycles. The van der Waals surface area contributed by atoms with Crippen molar-refractivity contribution < 1.29 is 0 Å². The van der Waals surface area contributed by atoms with Crippen molar-refractivity contribution in [2.45, 2.75) is 13.3 Å². The van der Waals surface area contributed by atoms with Crippen LogP contribution in [-0.2, 0) is 0 Å². The highest BCUT2D eigenvalue weighted by Gasteiger charge is 2.10. The molecule has 0 aliphatic heterocycles. The summed E-state index contributed by atoms with van der Waals surface area (Å²) in [5, 5.41) is 3.43. The zero-order valence-corrected chi connectivity index (χ0v) is 10.9. The Morgan fingerprint density at radius 3 is 2.61 bits per heavy atom. The number of nitrogens with zero attached hydrogens (tertiary/aromatic N) is 2. The molecule has 0 radical (unpaired) electrons. The SMILES string of the molecule is CCCNc1nc(-c2ccccc2)nc(Cl)c1N. The Kier molecular flexibility index (Phi) is 3.99. The number of nitrogens with two attached hydrogens (primary N) is 1. The Hall–Kier alpha value is -1.81. The van der Waals surface area contributed by atoms with Gasteiger partial charge >= 0.3 is 0 Å². The van der Waals surface area contributed by atoms with Crippen molar-refractivity contribution in [2.24, 2.45) is 0 Å². The van der Waals surface area contributed by atoms with Crippen LogP contribution in [0.1, 0.15) is 13.3 Å². The van der Waals surface area contributed by atoms with Gasteiger partial charge in [-0.2, -0.15) is 0 Å². The van der Waals surface area contributed by atoms with Crippen LogP contribution in [-0.4, -0.2) is 16.5 Å². The quantitative estimate of drug-likeness (QED) is 0.831. The van der Waals surface area contributed by atoms with Crippen molar-refractivity contribution in [3.63, 3.8) is 0 Å². The maximum absolute atomic E-state index is 6.03. The lowest BCUT2D eigenvalue weighted by atomic mass is 10.2. The zero-order valence-electron chi connectivity index (χ0n) is 10.2. The topological polar surface area (TPSA) is 63.8 Å². The lowest BCUT2D eigenvalue weighted by molar-refractivity contribution is 0.967. The number of nitrogens with one attached hydrogen (secondary N) is 1. The summed E-state index contributed by atoms with van der Waals surface area (Å²) in [6, 6.07) is 9.68. The first-order valence-corrected chi connectivity index (χ1v) is 6.22. The number of nitrogen functional groups attached to an aromatic ring is 1. The van der Waals surface area contributed by atoms with E-state index in [1.165, 1.54) is 0 Å². The van der Waals surface area contributed by atoms with Gasteiger partial charge in [-0.25, -0.2) is 9.97 Å². The van der Waals surface area contributed by atoms with Crippen LogP contribution in [0, 0.1) is 0 Å². The van der Waals surface area contributed by atoms with Gasteiger partial charge < -0.3 is 11.1 Å². The molecule has 0 aliphatic carbocycles. The van der Waals surface area contributed by atoms with E-state index in [1.54, 1.807) is 0 Å². The molecule has 94 valence electrons. The predicted octanol–water partition coefficient (Wildman–Crippen LogP) is 3.20. The largest absolute Gasteiger partial charge is 0.393 e. The summed E-state index contributed by atoms with van der Waals surface area (Å²) in [4.78, 5) is 8.61. The molecule has 1 heterocycles.